The van der Waals surface area contributed by atoms with Crippen LogP contribution >= 0.6 is 0 Å². The fraction of sp³-hybridized carbons (Fsp3) is 0.333. The number of hydrogen-bond donors (Lipinski definition) is 1. The van der Waals surface area contributed by atoms with Crippen LogP contribution in [0.1, 0.15) is 29.0 Å². The number of nitrogens with one attached hydrogen (secondary N) is 1. The molecule has 0 saturated carbocycles. The van der Waals surface area contributed by atoms with Crippen molar-refractivity contribution in [2.24, 2.45) is 13.0 Å². The summed E-state index contributed by atoms with van der Waals surface area (Å²) in [5, 5.41) is 6.49. The lowest BCUT2D eigenvalue weighted by molar-refractivity contribution is 0.0687. The summed E-state index contributed by atoms with van der Waals surface area (Å²) in [6, 6.07) is 9.30. The molecule has 0 radical (unpaired) electrons. The summed E-state index contributed by atoms with van der Waals surface area (Å²) in [6.45, 7) is 1.02. The van der Waals surface area contributed by atoms with Gasteiger partial charge in [0.05, 0.1) is 5.69 Å². The number of aryl methyl sites for hydroxylation is 1. The number of aromatic amines is 1. The Balaban J connectivity index is 1.46. The predicted molar refractivity (Wildman–Crippen MR) is 108 cm³/mol. The molecule has 0 bridgehead atoms. The van der Waals surface area contributed by atoms with Gasteiger partial charge >= 0.3 is 5.69 Å². The highest BCUT2D eigenvalue weighted by Crippen LogP contribution is 2.23. The van der Waals surface area contributed by atoms with Gasteiger partial charge in [-0.2, -0.15) is 5.10 Å². The van der Waals surface area contributed by atoms with Crippen molar-refractivity contribution in [2.75, 3.05) is 13.1 Å². The lowest BCUT2D eigenvalue weighted by Crippen LogP contribution is -2.41. The molecule has 3 heterocycles. The standard InChI is InChI=1S/C21H22FN5O3/c1-25-10-4-5-15(19(25)28)20(29)26-11-8-14(9-12-26)13-18-23-24-21(30)27(18)17-7-3-2-6-16(17)22/h2-7,10,14H,8-9,11-13H2,1H3,(H,24,30). The van der Waals surface area contributed by atoms with Gasteiger partial charge in [-0.15, -0.1) is 0 Å². The summed E-state index contributed by atoms with van der Waals surface area (Å²) in [6.07, 6.45) is 3.51. The van der Waals surface area contributed by atoms with E-state index in [1.54, 1.807) is 42.4 Å². The first-order chi connectivity index (χ1) is 14.5. The zero-order valence-electron chi connectivity index (χ0n) is 16.5. The Morgan fingerprint density at radius 1 is 1.17 bits per heavy atom. The lowest BCUT2D eigenvalue weighted by atomic mass is 9.93. The summed E-state index contributed by atoms with van der Waals surface area (Å²) >= 11 is 0. The van der Waals surface area contributed by atoms with E-state index in [1.807, 2.05) is 0 Å². The number of aromatic nitrogens is 4. The second-order valence-electron chi connectivity index (χ2n) is 7.51. The summed E-state index contributed by atoms with van der Waals surface area (Å²) in [4.78, 5) is 38.8. The Bertz CT molecular complexity index is 1190. The minimum absolute atomic E-state index is 0.166. The van der Waals surface area contributed by atoms with Gasteiger partial charge in [0.25, 0.3) is 11.5 Å². The normalized spacial score (nSPS) is 14.8. The average Bonchev–Trinajstić information content (AvgIpc) is 3.10. The number of halogens is 1. The molecule has 0 unspecified atom stereocenters. The third-order valence-corrected chi connectivity index (χ3v) is 5.56. The van der Waals surface area contributed by atoms with E-state index in [2.05, 4.69) is 10.2 Å². The van der Waals surface area contributed by atoms with Gasteiger partial charge in [-0.3, -0.25) is 9.59 Å². The molecule has 1 amide bonds. The maximum atomic E-state index is 14.2. The number of likely N-dealkylation sites (tertiary alicyclic amines) is 1. The van der Waals surface area contributed by atoms with Crippen LogP contribution in [0.2, 0.25) is 0 Å². The van der Waals surface area contributed by atoms with Crippen LogP contribution < -0.4 is 11.2 Å². The number of carbonyl (C=O) groups excluding carboxylic acids is 1. The summed E-state index contributed by atoms with van der Waals surface area (Å²) < 4.78 is 16.8. The van der Waals surface area contributed by atoms with Crippen molar-refractivity contribution >= 4 is 5.91 Å². The van der Waals surface area contributed by atoms with Gasteiger partial charge in [0.2, 0.25) is 0 Å². The number of piperidine rings is 1. The van der Waals surface area contributed by atoms with E-state index in [0.717, 1.165) is 0 Å². The van der Waals surface area contributed by atoms with Crippen LogP contribution in [0.25, 0.3) is 5.69 Å². The highest BCUT2D eigenvalue weighted by Gasteiger charge is 2.27. The van der Waals surface area contributed by atoms with Crippen molar-refractivity contribution in [3.05, 3.63) is 80.6 Å². The first-order valence-electron chi connectivity index (χ1n) is 9.82. The summed E-state index contributed by atoms with van der Waals surface area (Å²) in [5.41, 5.74) is -0.462. The van der Waals surface area contributed by atoms with E-state index < -0.39 is 11.5 Å². The molecular formula is C21H22FN5O3. The van der Waals surface area contributed by atoms with Crippen molar-refractivity contribution in [2.45, 2.75) is 19.3 Å². The second-order valence-corrected chi connectivity index (χ2v) is 7.51. The highest BCUT2D eigenvalue weighted by molar-refractivity contribution is 5.93. The van der Waals surface area contributed by atoms with E-state index in [9.17, 15) is 18.8 Å². The topological polar surface area (TPSA) is 93.0 Å². The summed E-state index contributed by atoms with van der Waals surface area (Å²) in [7, 11) is 1.62. The van der Waals surface area contributed by atoms with E-state index >= 15 is 0 Å². The number of rotatable bonds is 4. The third kappa shape index (κ3) is 3.70. The molecule has 0 spiro atoms. The molecule has 0 aliphatic carbocycles. The monoisotopic (exact) mass is 411 g/mol. The highest BCUT2D eigenvalue weighted by atomic mass is 19.1. The SMILES string of the molecule is Cn1cccc(C(=O)N2CCC(Cc3n[nH]c(=O)n3-c3ccccc3F)CC2)c1=O. The lowest BCUT2D eigenvalue weighted by Gasteiger charge is -2.31. The molecule has 0 atom stereocenters. The molecular weight excluding hydrogens is 389 g/mol. The van der Waals surface area contributed by atoms with Crippen LogP contribution in [-0.4, -0.2) is 43.2 Å². The maximum Gasteiger partial charge on any atom is 0.348 e. The maximum absolute atomic E-state index is 14.2. The number of benzene rings is 1. The van der Waals surface area contributed by atoms with Crippen molar-refractivity contribution in [3.8, 4) is 5.69 Å². The number of H-pyrrole nitrogens is 1. The number of nitrogens with zero attached hydrogens (tertiary/aromatic N) is 4. The number of para-hydroxylation sites is 1. The molecule has 8 nitrogen and oxygen atoms in total. The number of pyridine rings is 1. The van der Waals surface area contributed by atoms with Crippen LogP contribution in [0.4, 0.5) is 4.39 Å². The van der Waals surface area contributed by atoms with Gasteiger partial charge < -0.3 is 9.47 Å². The van der Waals surface area contributed by atoms with Crippen molar-refractivity contribution in [1.29, 1.82) is 0 Å². The van der Waals surface area contributed by atoms with E-state index in [4.69, 9.17) is 0 Å². The molecule has 2 aromatic heterocycles. The van der Waals surface area contributed by atoms with E-state index in [1.165, 1.54) is 21.3 Å². The Kier molecular flexibility index (Phi) is 5.35. The molecule has 156 valence electrons. The molecule has 1 N–H and O–H groups in total. The predicted octanol–water partition coefficient (Wildman–Crippen LogP) is 1.49. The van der Waals surface area contributed by atoms with Crippen LogP contribution in [0.3, 0.4) is 0 Å². The number of amides is 1. The molecule has 1 aliphatic heterocycles. The molecule has 1 aromatic carbocycles. The fourth-order valence-corrected chi connectivity index (χ4v) is 3.88. The quantitative estimate of drug-likeness (QED) is 0.704. The van der Waals surface area contributed by atoms with Crippen molar-refractivity contribution in [3.63, 3.8) is 0 Å². The molecule has 4 rings (SSSR count). The molecule has 1 saturated heterocycles. The third-order valence-electron chi connectivity index (χ3n) is 5.56. The van der Waals surface area contributed by atoms with Crippen molar-refractivity contribution < 1.29 is 9.18 Å². The zero-order valence-corrected chi connectivity index (χ0v) is 16.5. The van der Waals surface area contributed by atoms with Crippen LogP contribution in [0.15, 0.2) is 52.2 Å². The van der Waals surface area contributed by atoms with Gasteiger partial charge in [0.15, 0.2) is 0 Å². The van der Waals surface area contributed by atoms with Gasteiger partial charge in [-0.25, -0.2) is 18.9 Å². The smallest absolute Gasteiger partial charge is 0.338 e. The fourth-order valence-electron chi connectivity index (χ4n) is 3.88. The number of carbonyl (C=O) groups is 1. The molecule has 3 aromatic rings. The van der Waals surface area contributed by atoms with Gasteiger partial charge in [-0.05, 0) is 43.0 Å². The van der Waals surface area contributed by atoms with Crippen LogP contribution in [0.5, 0.6) is 0 Å². The Labute approximate surface area is 171 Å². The molecule has 9 heteroatoms. The molecule has 1 aliphatic rings. The van der Waals surface area contributed by atoms with Crippen LogP contribution in [-0.2, 0) is 13.5 Å². The average molecular weight is 411 g/mol. The van der Waals surface area contributed by atoms with E-state index in [0.29, 0.717) is 38.2 Å². The first-order valence-corrected chi connectivity index (χ1v) is 9.82. The zero-order chi connectivity index (χ0) is 21.3. The Morgan fingerprint density at radius 2 is 1.90 bits per heavy atom. The van der Waals surface area contributed by atoms with Gasteiger partial charge in [-0.1, -0.05) is 12.1 Å². The molecule has 30 heavy (non-hydrogen) atoms. The minimum atomic E-state index is -0.493. The number of hydrogen-bond acceptors (Lipinski definition) is 4. The minimum Gasteiger partial charge on any atom is -0.338 e. The van der Waals surface area contributed by atoms with E-state index in [-0.39, 0.29) is 28.6 Å². The summed E-state index contributed by atoms with van der Waals surface area (Å²) in [5.74, 6) is -0.107. The van der Waals surface area contributed by atoms with Gasteiger partial charge in [0, 0.05) is 32.8 Å². The largest absolute Gasteiger partial charge is 0.348 e. The van der Waals surface area contributed by atoms with Gasteiger partial charge in [0.1, 0.15) is 17.2 Å². The van der Waals surface area contributed by atoms with Crippen molar-refractivity contribution in [1.82, 2.24) is 24.2 Å². The second kappa shape index (κ2) is 8.10. The first kappa shape index (κ1) is 19.8. The Hall–Kier alpha value is -3.49. The Morgan fingerprint density at radius 3 is 2.63 bits per heavy atom. The molecule has 1 fully saturated rings. The van der Waals surface area contributed by atoms with Crippen LogP contribution in [0, 0.1) is 11.7 Å².